The number of methoxy groups -OCH3 is 1. The zero-order valence-corrected chi connectivity index (χ0v) is 13.3. The Morgan fingerprint density at radius 1 is 1.14 bits per heavy atom. The quantitative estimate of drug-likeness (QED) is 0.591. The summed E-state index contributed by atoms with van der Waals surface area (Å²) < 4.78 is 4.53. The molecule has 1 aromatic rings. The van der Waals surface area contributed by atoms with E-state index in [1.165, 1.54) is 12.7 Å². The van der Waals surface area contributed by atoms with Crippen molar-refractivity contribution in [1.29, 1.82) is 0 Å². The van der Waals surface area contributed by atoms with Crippen molar-refractivity contribution >= 4 is 17.7 Å². The largest absolute Gasteiger partial charge is 0.469 e. The Labute approximate surface area is 131 Å². The number of amides is 1. The van der Waals surface area contributed by atoms with Crippen LogP contribution >= 0.6 is 0 Å². The number of hydrogen-bond donors (Lipinski definition) is 1. The highest BCUT2D eigenvalue weighted by Gasteiger charge is 2.14. The predicted octanol–water partition coefficient (Wildman–Crippen LogP) is 2.28. The van der Waals surface area contributed by atoms with Gasteiger partial charge >= 0.3 is 5.97 Å². The van der Waals surface area contributed by atoms with Gasteiger partial charge in [-0.05, 0) is 18.9 Å². The number of esters is 1. The average Bonchev–Trinajstić information content (AvgIpc) is 2.52. The summed E-state index contributed by atoms with van der Waals surface area (Å²) in [6.07, 6.45) is 1.31. The molecule has 1 unspecified atom stereocenters. The molecule has 0 aromatic heterocycles. The zero-order valence-electron chi connectivity index (χ0n) is 13.3. The Bertz CT molecular complexity index is 522. The zero-order chi connectivity index (χ0) is 16.5. The van der Waals surface area contributed by atoms with Crippen LogP contribution in [0.4, 0.5) is 0 Å². The molecule has 0 aliphatic rings. The van der Waals surface area contributed by atoms with Gasteiger partial charge < -0.3 is 10.1 Å². The van der Waals surface area contributed by atoms with E-state index in [2.05, 4.69) is 17.0 Å². The molecule has 1 atom stereocenters. The molecular weight excluding hydrogens is 282 g/mol. The normalized spacial score (nSPS) is 11.6. The molecule has 0 aliphatic carbocycles. The van der Waals surface area contributed by atoms with Gasteiger partial charge in [-0.3, -0.25) is 14.4 Å². The minimum absolute atomic E-state index is 0.0570. The molecule has 1 rings (SSSR count). The summed E-state index contributed by atoms with van der Waals surface area (Å²) in [6.45, 7) is 3.77. The Balaban J connectivity index is 2.39. The number of nitrogens with one attached hydrogen (secondary N) is 1. The standard InChI is InChI=1S/C17H23NO4/c1-4-13-5-7-14(8-6-13)15(19)9-10-16(20)18-12(2)11-17(21)22-3/h5-8,12H,4,9-11H2,1-3H3,(H,18,20). The van der Waals surface area contributed by atoms with E-state index >= 15 is 0 Å². The molecule has 1 N–H and O–H groups in total. The number of Topliss-reactive ketones (excluding diaryl/α,β-unsaturated/α-hetero) is 1. The minimum atomic E-state index is -0.375. The van der Waals surface area contributed by atoms with Gasteiger partial charge in [0.2, 0.25) is 5.91 Å². The van der Waals surface area contributed by atoms with Crippen LogP contribution in [0.25, 0.3) is 0 Å². The molecule has 0 bridgehead atoms. The maximum atomic E-state index is 12.0. The third-order valence-electron chi connectivity index (χ3n) is 3.37. The fourth-order valence-corrected chi connectivity index (χ4v) is 2.03. The van der Waals surface area contributed by atoms with E-state index in [4.69, 9.17) is 0 Å². The third-order valence-corrected chi connectivity index (χ3v) is 3.37. The number of ketones is 1. The van der Waals surface area contributed by atoms with Crippen LogP contribution in [0.1, 0.15) is 49.0 Å². The number of ether oxygens (including phenoxy) is 1. The summed E-state index contributed by atoms with van der Waals surface area (Å²) in [5.41, 5.74) is 1.79. The maximum absolute atomic E-state index is 12.0. The number of rotatable bonds is 8. The molecule has 1 aromatic carbocycles. The first-order valence-electron chi connectivity index (χ1n) is 7.44. The Kier molecular flexibility index (Phi) is 7.29. The van der Waals surface area contributed by atoms with Gasteiger partial charge in [0.1, 0.15) is 0 Å². The predicted molar refractivity (Wildman–Crippen MR) is 83.6 cm³/mol. The van der Waals surface area contributed by atoms with Crippen molar-refractivity contribution < 1.29 is 19.1 Å². The third kappa shape index (κ3) is 6.08. The van der Waals surface area contributed by atoms with Gasteiger partial charge in [-0.15, -0.1) is 0 Å². The van der Waals surface area contributed by atoms with Gasteiger partial charge in [-0.1, -0.05) is 31.2 Å². The van der Waals surface area contributed by atoms with Crippen LogP contribution in [-0.4, -0.2) is 30.8 Å². The first kappa shape index (κ1) is 17.9. The van der Waals surface area contributed by atoms with E-state index < -0.39 is 0 Å². The molecule has 1 amide bonds. The number of carbonyl (C=O) groups excluding carboxylic acids is 3. The summed E-state index contributed by atoms with van der Waals surface area (Å²) in [5.74, 6) is -0.673. The molecule has 5 heteroatoms. The molecule has 5 nitrogen and oxygen atoms in total. The van der Waals surface area contributed by atoms with Crippen molar-refractivity contribution in [2.75, 3.05) is 7.11 Å². The molecule has 0 spiro atoms. The topological polar surface area (TPSA) is 72.5 Å². The summed E-state index contributed by atoms with van der Waals surface area (Å²) in [5, 5.41) is 2.68. The number of benzene rings is 1. The molecule has 0 heterocycles. The van der Waals surface area contributed by atoms with E-state index in [1.54, 1.807) is 19.1 Å². The van der Waals surface area contributed by atoms with Gasteiger partial charge in [0.15, 0.2) is 5.78 Å². The fraction of sp³-hybridized carbons (Fsp3) is 0.471. The molecule has 120 valence electrons. The van der Waals surface area contributed by atoms with E-state index in [0.717, 1.165) is 6.42 Å². The lowest BCUT2D eigenvalue weighted by Crippen LogP contribution is -2.34. The van der Waals surface area contributed by atoms with Crippen LogP contribution < -0.4 is 5.32 Å². The summed E-state index contributed by atoms with van der Waals surface area (Å²) in [6, 6.07) is 7.12. The molecule has 0 aliphatic heterocycles. The van der Waals surface area contributed by atoms with Gasteiger partial charge in [-0.25, -0.2) is 0 Å². The summed E-state index contributed by atoms with van der Waals surface area (Å²) in [7, 11) is 1.30. The van der Waals surface area contributed by atoms with Gasteiger partial charge in [0.25, 0.3) is 0 Å². The van der Waals surface area contributed by atoms with Gasteiger partial charge in [0, 0.05) is 24.4 Å². The highest BCUT2D eigenvalue weighted by Crippen LogP contribution is 2.09. The van der Waals surface area contributed by atoms with Crippen molar-refractivity contribution in [2.45, 2.75) is 45.6 Å². The lowest BCUT2D eigenvalue weighted by Gasteiger charge is -2.12. The van der Waals surface area contributed by atoms with Crippen LogP contribution in [0.5, 0.6) is 0 Å². The molecule has 0 fully saturated rings. The lowest BCUT2D eigenvalue weighted by atomic mass is 10.0. The van der Waals surface area contributed by atoms with Crippen molar-refractivity contribution in [3.05, 3.63) is 35.4 Å². The fourth-order valence-electron chi connectivity index (χ4n) is 2.03. The van der Waals surface area contributed by atoms with Crippen LogP contribution in [0.15, 0.2) is 24.3 Å². The Morgan fingerprint density at radius 2 is 1.77 bits per heavy atom. The highest BCUT2D eigenvalue weighted by molar-refractivity contribution is 5.98. The van der Waals surface area contributed by atoms with Crippen LogP contribution in [0.2, 0.25) is 0 Å². The summed E-state index contributed by atoms with van der Waals surface area (Å²) >= 11 is 0. The second-order valence-electron chi connectivity index (χ2n) is 5.22. The monoisotopic (exact) mass is 305 g/mol. The van der Waals surface area contributed by atoms with Crippen LogP contribution in [0.3, 0.4) is 0 Å². The molecule has 0 saturated heterocycles. The lowest BCUT2D eigenvalue weighted by molar-refractivity contribution is -0.141. The van der Waals surface area contributed by atoms with Crippen molar-refractivity contribution in [2.24, 2.45) is 0 Å². The molecule has 0 saturated carbocycles. The maximum Gasteiger partial charge on any atom is 0.307 e. The number of hydrogen-bond acceptors (Lipinski definition) is 4. The first-order chi connectivity index (χ1) is 10.5. The average molecular weight is 305 g/mol. The SMILES string of the molecule is CCc1ccc(C(=O)CCC(=O)NC(C)CC(=O)OC)cc1. The second kappa shape index (κ2) is 8.97. The highest BCUT2D eigenvalue weighted by atomic mass is 16.5. The molecule has 22 heavy (non-hydrogen) atoms. The van der Waals surface area contributed by atoms with Crippen molar-refractivity contribution in [3.8, 4) is 0 Å². The van der Waals surface area contributed by atoms with Gasteiger partial charge in [0.05, 0.1) is 13.5 Å². The first-order valence-corrected chi connectivity index (χ1v) is 7.44. The van der Waals surface area contributed by atoms with Gasteiger partial charge in [-0.2, -0.15) is 0 Å². The second-order valence-corrected chi connectivity index (χ2v) is 5.22. The number of aryl methyl sites for hydroxylation is 1. The van der Waals surface area contributed by atoms with Crippen LogP contribution in [0, 0.1) is 0 Å². The van der Waals surface area contributed by atoms with E-state index in [1.807, 2.05) is 12.1 Å². The van der Waals surface area contributed by atoms with E-state index in [9.17, 15) is 14.4 Å². The Hall–Kier alpha value is -2.17. The number of carbonyl (C=O) groups is 3. The minimum Gasteiger partial charge on any atom is -0.469 e. The van der Waals surface area contributed by atoms with Crippen molar-refractivity contribution in [1.82, 2.24) is 5.32 Å². The van der Waals surface area contributed by atoms with Crippen LogP contribution in [-0.2, 0) is 20.7 Å². The van der Waals surface area contributed by atoms with E-state index in [0.29, 0.717) is 5.56 Å². The molecular formula is C17H23NO4. The smallest absolute Gasteiger partial charge is 0.307 e. The van der Waals surface area contributed by atoms with Crippen molar-refractivity contribution in [3.63, 3.8) is 0 Å². The van der Waals surface area contributed by atoms with E-state index in [-0.39, 0.29) is 43.0 Å². The summed E-state index contributed by atoms with van der Waals surface area (Å²) in [4.78, 5) is 34.8. The Morgan fingerprint density at radius 3 is 2.32 bits per heavy atom. The molecule has 0 radical (unpaired) electrons.